The van der Waals surface area contributed by atoms with E-state index in [-0.39, 0.29) is 12.4 Å². The smallest absolute Gasteiger partial charge is 0.236 e. The third kappa shape index (κ3) is 3.91. The highest BCUT2D eigenvalue weighted by molar-refractivity contribution is 5.85. The number of nitrogens with one attached hydrogen (secondary N) is 1. The fraction of sp³-hybridized carbons (Fsp3) is 0.938. The Morgan fingerprint density at radius 3 is 2.76 bits per heavy atom. The van der Waals surface area contributed by atoms with Gasteiger partial charge in [-0.1, -0.05) is 6.92 Å². The van der Waals surface area contributed by atoms with Gasteiger partial charge in [-0.15, -0.1) is 12.4 Å². The number of amides is 1. The summed E-state index contributed by atoms with van der Waals surface area (Å²) >= 11 is 0. The Morgan fingerprint density at radius 2 is 1.95 bits per heavy atom. The molecule has 1 N–H and O–H groups in total. The van der Waals surface area contributed by atoms with E-state index < -0.39 is 0 Å². The van der Waals surface area contributed by atoms with Gasteiger partial charge in [-0.2, -0.15) is 0 Å². The van der Waals surface area contributed by atoms with Gasteiger partial charge < -0.3 is 10.2 Å². The zero-order valence-electron chi connectivity index (χ0n) is 13.2. The van der Waals surface area contributed by atoms with Crippen molar-refractivity contribution in [2.45, 2.75) is 45.1 Å². The first-order valence-corrected chi connectivity index (χ1v) is 8.50. The van der Waals surface area contributed by atoms with Crippen molar-refractivity contribution in [3.63, 3.8) is 0 Å². The highest BCUT2D eigenvalue weighted by Gasteiger charge is 2.34. The second-order valence-corrected chi connectivity index (χ2v) is 6.85. The van der Waals surface area contributed by atoms with Crippen LogP contribution in [0, 0.1) is 11.8 Å². The Kier molecular flexibility index (Phi) is 6.33. The van der Waals surface area contributed by atoms with Gasteiger partial charge in [0.2, 0.25) is 5.91 Å². The molecule has 3 saturated heterocycles. The summed E-state index contributed by atoms with van der Waals surface area (Å²) in [7, 11) is 0. The summed E-state index contributed by atoms with van der Waals surface area (Å²) in [5.41, 5.74) is 0. The minimum Gasteiger partial charge on any atom is -0.339 e. The van der Waals surface area contributed by atoms with Crippen molar-refractivity contribution in [3.8, 4) is 0 Å². The fourth-order valence-corrected chi connectivity index (χ4v) is 4.29. The summed E-state index contributed by atoms with van der Waals surface area (Å²) in [5.74, 6) is 2.01. The molecule has 1 amide bonds. The molecule has 3 aliphatic rings. The molecule has 21 heavy (non-hydrogen) atoms. The zero-order valence-corrected chi connectivity index (χ0v) is 14.0. The minimum atomic E-state index is 0. The summed E-state index contributed by atoms with van der Waals surface area (Å²) in [4.78, 5) is 17.2. The van der Waals surface area contributed by atoms with Gasteiger partial charge in [0.1, 0.15) is 0 Å². The summed E-state index contributed by atoms with van der Waals surface area (Å²) in [6.45, 7) is 8.42. The predicted octanol–water partition coefficient (Wildman–Crippen LogP) is 1.74. The molecule has 0 radical (unpaired) electrons. The Bertz CT molecular complexity index is 352. The van der Waals surface area contributed by atoms with Crippen LogP contribution in [0.5, 0.6) is 0 Å². The van der Waals surface area contributed by atoms with E-state index in [9.17, 15) is 4.79 Å². The molecule has 0 bridgehead atoms. The molecule has 3 rings (SSSR count). The van der Waals surface area contributed by atoms with Gasteiger partial charge in [-0.25, -0.2) is 0 Å². The topological polar surface area (TPSA) is 35.6 Å². The molecule has 3 aliphatic heterocycles. The molecule has 0 aromatic heterocycles. The van der Waals surface area contributed by atoms with Gasteiger partial charge in [0.05, 0.1) is 6.54 Å². The van der Waals surface area contributed by atoms with Crippen LogP contribution in [-0.4, -0.2) is 61.0 Å². The molecule has 3 heterocycles. The first kappa shape index (κ1) is 17.0. The average molecular weight is 316 g/mol. The summed E-state index contributed by atoms with van der Waals surface area (Å²) in [5, 5.41) is 3.50. The van der Waals surface area contributed by atoms with E-state index in [2.05, 4.69) is 22.0 Å². The van der Waals surface area contributed by atoms with Crippen LogP contribution < -0.4 is 5.32 Å². The summed E-state index contributed by atoms with van der Waals surface area (Å²) < 4.78 is 0. The van der Waals surface area contributed by atoms with Gasteiger partial charge >= 0.3 is 0 Å². The summed E-state index contributed by atoms with van der Waals surface area (Å²) in [6, 6.07) is 0.502. The maximum Gasteiger partial charge on any atom is 0.236 e. The van der Waals surface area contributed by atoms with Crippen molar-refractivity contribution < 1.29 is 4.79 Å². The van der Waals surface area contributed by atoms with Gasteiger partial charge in [0.25, 0.3) is 0 Å². The van der Waals surface area contributed by atoms with Crippen molar-refractivity contribution in [1.82, 2.24) is 15.1 Å². The average Bonchev–Trinajstić information content (AvgIpc) is 2.94. The molecule has 3 fully saturated rings. The van der Waals surface area contributed by atoms with Crippen molar-refractivity contribution in [3.05, 3.63) is 0 Å². The third-order valence-corrected chi connectivity index (χ3v) is 5.57. The molecule has 5 heteroatoms. The van der Waals surface area contributed by atoms with Crippen LogP contribution in [-0.2, 0) is 4.79 Å². The van der Waals surface area contributed by atoms with Crippen LogP contribution in [0.1, 0.15) is 39.0 Å². The number of halogens is 1. The normalized spacial score (nSPS) is 33.4. The van der Waals surface area contributed by atoms with E-state index in [0.717, 1.165) is 44.4 Å². The molecular weight excluding hydrogens is 286 g/mol. The number of fused-ring (bicyclic) bond motifs is 1. The molecule has 0 aromatic carbocycles. The summed E-state index contributed by atoms with van der Waals surface area (Å²) in [6.07, 6.45) is 6.07. The standard InChI is InChI=1S/C16H29N3O.ClH/c1-2-15-5-3-4-7-19(15)16(20)12-18-8-6-13-9-17-10-14(13)11-18;/h13-15,17H,2-12H2,1H3;1H. The predicted molar refractivity (Wildman–Crippen MR) is 87.8 cm³/mol. The fourth-order valence-electron chi connectivity index (χ4n) is 4.29. The Hall–Kier alpha value is -0.320. The third-order valence-electron chi connectivity index (χ3n) is 5.57. The maximum atomic E-state index is 12.6. The highest BCUT2D eigenvalue weighted by atomic mass is 35.5. The van der Waals surface area contributed by atoms with Gasteiger partial charge in [0, 0.05) is 19.1 Å². The number of carbonyl (C=O) groups excluding carboxylic acids is 1. The lowest BCUT2D eigenvalue weighted by Gasteiger charge is -2.39. The number of carbonyl (C=O) groups is 1. The lowest BCUT2D eigenvalue weighted by molar-refractivity contribution is -0.136. The first-order chi connectivity index (χ1) is 9.78. The lowest BCUT2D eigenvalue weighted by Crippen LogP contribution is -2.50. The minimum absolute atomic E-state index is 0. The number of likely N-dealkylation sites (tertiary alicyclic amines) is 2. The van der Waals surface area contributed by atoms with E-state index in [1.54, 1.807) is 0 Å². The maximum absolute atomic E-state index is 12.6. The number of hydrogen-bond donors (Lipinski definition) is 1. The van der Waals surface area contributed by atoms with Crippen LogP contribution in [0.15, 0.2) is 0 Å². The molecule has 3 atom stereocenters. The van der Waals surface area contributed by atoms with E-state index >= 15 is 0 Å². The Morgan fingerprint density at radius 1 is 1.14 bits per heavy atom. The lowest BCUT2D eigenvalue weighted by atomic mass is 9.88. The molecule has 0 spiro atoms. The first-order valence-electron chi connectivity index (χ1n) is 8.50. The van der Waals surface area contributed by atoms with Crippen LogP contribution >= 0.6 is 12.4 Å². The van der Waals surface area contributed by atoms with Crippen LogP contribution in [0.25, 0.3) is 0 Å². The number of piperidine rings is 2. The van der Waals surface area contributed by atoms with Crippen LogP contribution in [0.3, 0.4) is 0 Å². The number of nitrogens with zero attached hydrogens (tertiary/aromatic N) is 2. The van der Waals surface area contributed by atoms with Crippen molar-refractivity contribution in [1.29, 1.82) is 0 Å². The highest BCUT2D eigenvalue weighted by Crippen LogP contribution is 2.27. The van der Waals surface area contributed by atoms with Crippen molar-refractivity contribution >= 4 is 18.3 Å². The Balaban J connectivity index is 0.00000161. The molecule has 122 valence electrons. The largest absolute Gasteiger partial charge is 0.339 e. The van der Waals surface area contributed by atoms with E-state index in [0.29, 0.717) is 18.5 Å². The van der Waals surface area contributed by atoms with Gasteiger partial charge in [-0.3, -0.25) is 9.69 Å². The zero-order chi connectivity index (χ0) is 13.9. The molecule has 0 aliphatic carbocycles. The molecule has 0 aromatic rings. The van der Waals surface area contributed by atoms with Crippen LogP contribution in [0.4, 0.5) is 0 Å². The SMILES string of the molecule is CCC1CCCCN1C(=O)CN1CCC2CNCC2C1.Cl. The molecular formula is C16H30ClN3O. The van der Waals surface area contributed by atoms with E-state index in [1.165, 1.54) is 32.2 Å². The molecule has 3 unspecified atom stereocenters. The van der Waals surface area contributed by atoms with Crippen molar-refractivity contribution in [2.24, 2.45) is 11.8 Å². The second-order valence-electron chi connectivity index (χ2n) is 6.85. The molecule has 4 nitrogen and oxygen atoms in total. The van der Waals surface area contributed by atoms with Crippen molar-refractivity contribution in [2.75, 3.05) is 39.3 Å². The van der Waals surface area contributed by atoms with Gasteiger partial charge in [-0.05, 0) is 63.6 Å². The van der Waals surface area contributed by atoms with E-state index in [4.69, 9.17) is 0 Å². The second kappa shape index (κ2) is 7.80. The quantitative estimate of drug-likeness (QED) is 0.862. The van der Waals surface area contributed by atoms with E-state index in [1.807, 2.05) is 0 Å². The number of hydrogen-bond acceptors (Lipinski definition) is 3. The monoisotopic (exact) mass is 315 g/mol. The number of rotatable bonds is 3. The Labute approximate surface area is 135 Å². The van der Waals surface area contributed by atoms with Crippen LogP contribution in [0.2, 0.25) is 0 Å². The van der Waals surface area contributed by atoms with Gasteiger partial charge in [0.15, 0.2) is 0 Å². The molecule has 0 saturated carbocycles.